The van der Waals surface area contributed by atoms with Crippen LogP contribution in [0, 0.1) is 6.92 Å². The summed E-state index contributed by atoms with van der Waals surface area (Å²) in [6, 6.07) is 4.25. The monoisotopic (exact) mass is 308 g/mol. The van der Waals surface area contributed by atoms with Crippen LogP contribution in [-0.4, -0.2) is 35.1 Å². The van der Waals surface area contributed by atoms with Gasteiger partial charge in [-0.2, -0.15) is 0 Å². The minimum atomic E-state index is -0.322. The Hall–Kier alpha value is -0.910. The molecule has 5 heteroatoms. The van der Waals surface area contributed by atoms with Crippen molar-refractivity contribution in [3.63, 3.8) is 0 Å². The summed E-state index contributed by atoms with van der Waals surface area (Å²) in [7, 11) is 0. The van der Waals surface area contributed by atoms with Crippen LogP contribution in [0.2, 0.25) is 0 Å². The number of rotatable bonds is 5. The summed E-state index contributed by atoms with van der Waals surface area (Å²) in [5.74, 6) is 0.242. The molecule has 21 heavy (non-hydrogen) atoms. The lowest BCUT2D eigenvalue weighted by atomic mass is 10.1. The van der Waals surface area contributed by atoms with Crippen molar-refractivity contribution in [2.75, 3.05) is 13.2 Å². The molecule has 2 aliphatic rings. The van der Waals surface area contributed by atoms with Gasteiger partial charge in [-0.1, -0.05) is 0 Å². The molecule has 1 saturated heterocycles. The van der Waals surface area contributed by atoms with E-state index in [2.05, 4.69) is 38.2 Å². The third-order valence-electron chi connectivity index (χ3n) is 4.26. The van der Waals surface area contributed by atoms with Gasteiger partial charge in [0.05, 0.1) is 12.1 Å². The predicted octanol–water partition coefficient (Wildman–Crippen LogP) is 2.83. The molecular weight excluding hydrogens is 284 g/mol. The third kappa shape index (κ3) is 2.74. The number of thiophene rings is 1. The van der Waals surface area contributed by atoms with Crippen molar-refractivity contribution in [1.82, 2.24) is 10.2 Å². The number of carbonyl (C=O) groups excluding carboxylic acids is 1. The summed E-state index contributed by atoms with van der Waals surface area (Å²) in [4.78, 5) is 17.3. The van der Waals surface area contributed by atoms with E-state index >= 15 is 0 Å². The quantitative estimate of drug-likeness (QED) is 0.909. The highest BCUT2D eigenvalue weighted by molar-refractivity contribution is 7.12. The van der Waals surface area contributed by atoms with Crippen LogP contribution < -0.4 is 5.32 Å². The second-order valence-corrected chi connectivity index (χ2v) is 8.02. The Bertz CT molecular complexity index is 548. The van der Waals surface area contributed by atoms with Gasteiger partial charge < -0.3 is 9.64 Å². The van der Waals surface area contributed by atoms with Crippen LogP contribution in [-0.2, 0) is 9.53 Å². The van der Waals surface area contributed by atoms with Gasteiger partial charge in [0.1, 0.15) is 11.7 Å². The van der Waals surface area contributed by atoms with Crippen LogP contribution >= 0.6 is 11.3 Å². The summed E-state index contributed by atoms with van der Waals surface area (Å²) < 4.78 is 5.80. The predicted molar refractivity (Wildman–Crippen MR) is 84.3 cm³/mol. The van der Waals surface area contributed by atoms with E-state index in [1.807, 2.05) is 11.8 Å². The summed E-state index contributed by atoms with van der Waals surface area (Å²) in [5, 5.41) is 3.57. The molecule has 1 aliphatic carbocycles. The molecule has 1 aromatic heterocycles. The zero-order valence-electron chi connectivity index (χ0n) is 13.2. The smallest absolute Gasteiger partial charge is 0.244 e. The number of aryl methyl sites for hydroxylation is 1. The number of amides is 1. The van der Waals surface area contributed by atoms with Gasteiger partial charge >= 0.3 is 0 Å². The first-order chi connectivity index (χ1) is 9.87. The van der Waals surface area contributed by atoms with E-state index in [-0.39, 0.29) is 23.2 Å². The Kier molecular flexibility index (Phi) is 3.62. The van der Waals surface area contributed by atoms with Gasteiger partial charge in [-0.25, -0.2) is 0 Å². The van der Waals surface area contributed by atoms with Gasteiger partial charge in [0.2, 0.25) is 5.91 Å². The highest BCUT2D eigenvalue weighted by Gasteiger charge is 2.60. The first-order valence-electron chi connectivity index (χ1n) is 7.66. The molecule has 1 amide bonds. The van der Waals surface area contributed by atoms with Crippen LogP contribution in [0.5, 0.6) is 0 Å². The first-order valence-corrected chi connectivity index (χ1v) is 8.48. The number of hydrogen-bond donors (Lipinski definition) is 1. The van der Waals surface area contributed by atoms with Crippen LogP contribution in [0.15, 0.2) is 12.1 Å². The van der Waals surface area contributed by atoms with Gasteiger partial charge in [0.25, 0.3) is 0 Å². The van der Waals surface area contributed by atoms with Gasteiger partial charge in [-0.3, -0.25) is 10.1 Å². The van der Waals surface area contributed by atoms with E-state index in [0.29, 0.717) is 13.2 Å². The molecule has 1 unspecified atom stereocenters. The van der Waals surface area contributed by atoms with Crippen LogP contribution in [0.1, 0.15) is 49.5 Å². The lowest BCUT2D eigenvalue weighted by Gasteiger charge is -2.33. The third-order valence-corrected chi connectivity index (χ3v) is 5.31. The minimum Gasteiger partial charge on any atom is -0.374 e. The van der Waals surface area contributed by atoms with E-state index in [1.54, 1.807) is 11.3 Å². The fraction of sp³-hybridized carbons (Fsp3) is 0.688. The molecule has 1 spiro atoms. The van der Waals surface area contributed by atoms with Gasteiger partial charge in [0.15, 0.2) is 0 Å². The molecule has 2 fully saturated rings. The maximum atomic E-state index is 12.8. The molecule has 0 radical (unpaired) electrons. The van der Waals surface area contributed by atoms with E-state index in [4.69, 9.17) is 4.74 Å². The topological polar surface area (TPSA) is 41.6 Å². The summed E-state index contributed by atoms with van der Waals surface area (Å²) in [6.45, 7) is 9.49. The lowest BCUT2D eigenvalue weighted by Crippen LogP contribution is -2.43. The Morgan fingerprint density at radius 2 is 2.19 bits per heavy atom. The molecular formula is C16H24N2O2S. The Morgan fingerprint density at radius 1 is 1.48 bits per heavy atom. The molecule has 116 valence electrons. The van der Waals surface area contributed by atoms with Crippen molar-refractivity contribution < 1.29 is 9.53 Å². The van der Waals surface area contributed by atoms with Crippen molar-refractivity contribution in [3.8, 4) is 0 Å². The molecule has 0 aromatic carbocycles. The number of nitrogens with one attached hydrogen (secondary N) is 1. The first kappa shape index (κ1) is 15.0. The second-order valence-electron chi connectivity index (χ2n) is 6.70. The molecule has 4 nitrogen and oxygen atoms in total. The summed E-state index contributed by atoms with van der Waals surface area (Å²) >= 11 is 1.76. The lowest BCUT2D eigenvalue weighted by molar-refractivity contribution is -0.135. The van der Waals surface area contributed by atoms with Crippen molar-refractivity contribution in [1.29, 1.82) is 0 Å². The Labute approximate surface area is 130 Å². The van der Waals surface area contributed by atoms with Crippen LogP contribution in [0.3, 0.4) is 0 Å². The summed E-state index contributed by atoms with van der Waals surface area (Å²) in [5.41, 5.74) is -0.609. The van der Waals surface area contributed by atoms with Crippen LogP contribution in [0.4, 0.5) is 0 Å². The van der Waals surface area contributed by atoms with E-state index in [0.717, 1.165) is 12.8 Å². The molecule has 1 atom stereocenters. The van der Waals surface area contributed by atoms with E-state index < -0.39 is 0 Å². The van der Waals surface area contributed by atoms with Gasteiger partial charge in [-0.05, 0) is 52.7 Å². The van der Waals surface area contributed by atoms with Crippen molar-refractivity contribution in [2.45, 2.75) is 57.8 Å². The molecule has 1 saturated carbocycles. The largest absolute Gasteiger partial charge is 0.374 e. The zero-order chi connectivity index (χ0) is 15.3. The standard InChI is InChI=1S/C16H24N2O2S/c1-5-20-15(3,4)10-18-13(12-7-6-11(2)21-12)17-16(8-9-16)14(18)19/h6-7,13,17H,5,8-10H2,1-4H3. The van der Waals surface area contributed by atoms with Crippen molar-refractivity contribution in [2.24, 2.45) is 0 Å². The number of ether oxygens (including phenoxy) is 1. The second kappa shape index (κ2) is 5.07. The Balaban J connectivity index is 1.85. The van der Waals surface area contributed by atoms with Gasteiger partial charge in [0, 0.05) is 16.4 Å². The molecule has 1 aromatic rings. The maximum Gasteiger partial charge on any atom is 0.244 e. The normalized spacial score (nSPS) is 24.1. The van der Waals surface area contributed by atoms with E-state index in [9.17, 15) is 4.79 Å². The SMILES string of the molecule is CCOC(C)(C)CN1C(=O)C2(CC2)NC1c1ccc(C)s1. The van der Waals surface area contributed by atoms with E-state index in [1.165, 1.54) is 9.75 Å². The fourth-order valence-electron chi connectivity index (χ4n) is 3.11. The van der Waals surface area contributed by atoms with Crippen molar-refractivity contribution in [3.05, 3.63) is 21.9 Å². The number of hydrogen-bond acceptors (Lipinski definition) is 4. The average Bonchev–Trinajstić information content (AvgIpc) is 2.99. The molecule has 2 heterocycles. The Morgan fingerprint density at radius 3 is 2.71 bits per heavy atom. The minimum absolute atomic E-state index is 0.00145. The average molecular weight is 308 g/mol. The summed E-state index contributed by atoms with van der Waals surface area (Å²) in [6.07, 6.45) is 1.91. The molecule has 1 aliphatic heterocycles. The zero-order valence-corrected chi connectivity index (χ0v) is 14.0. The highest BCUT2D eigenvalue weighted by Crippen LogP contribution is 2.47. The number of nitrogens with zero attached hydrogens (tertiary/aromatic N) is 1. The van der Waals surface area contributed by atoms with Crippen LogP contribution in [0.25, 0.3) is 0 Å². The van der Waals surface area contributed by atoms with Crippen molar-refractivity contribution >= 4 is 17.2 Å². The fourth-order valence-corrected chi connectivity index (χ4v) is 4.05. The van der Waals surface area contributed by atoms with Gasteiger partial charge in [-0.15, -0.1) is 11.3 Å². The highest BCUT2D eigenvalue weighted by atomic mass is 32.1. The maximum absolute atomic E-state index is 12.8. The molecule has 1 N–H and O–H groups in total. The number of carbonyl (C=O) groups is 1. The molecule has 3 rings (SSSR count). The molecule has 0 bridgehead atoms.